The number of sulfonamides is 1. The second kappa shape index (κ2) is 7.72. The normalized spacial score (nSPS) is 11.5. The monoisotopic (exact) mass is 423 g/mol. The van der Waals surface area contributed by atoms with Crippen molar-refractivity contribution in [3.63, 3.8) is 0 Å². The number of hydrogen-bond acceptors (Lipinski definition) is 5. The quantitative estimate of drug-likeness (QED) is 0.660. The average molecular weight is 423 g/mol. The van der Waals surface area contributed by atoms with E-state index < -0.39 is 28.3 Å². The zero-order valence-corrected chi connectivity index (χ0v) is 16.8. The lowest BCUT2D eigenvalue weighted by molar-refractivity contribution is -0.114. The molecule has 2 aromatic carbocycles. The Morgan fingerprint density at radius 2 is 2.00 bits per heavy atom. The van der Waals surface area contributed by atoms with Crippen LogP contribution in [0.5, 0.6) is 0 Å². The fraction of sp³-hybridized carbons (Fsp3) is 0.222. The number of benzene rings is 2. The number of rotatable bonds is 6. The van der Waals surface area contributed by atoms with Crippen LogP contribution in [0.15, 0.2) is 47.3 Å². The summed E-state index contributed by atoms with van der Waals surface area (Å²) in [6.07, 6.45) is 0.947. The van der Waals surface area contributed by atoms with Crippen molar-refractivity contribution in [1.82, 2.24) is 4.57 Å². The van der Waals surface area contributed by atoms with Crippen LogP contribution in [0.3, 0.4) is 0 Å². The molecular formula is C18H18FN3O4S2. The van der Waals surface area contributed by atoms with Gasteiger partial charge in [-0.05, 0) is 43.3 Å². The van der Waals surface area contributed by atoms with Crippen molar-refractivity contribution in [2.45, 2.75) is 13.5 Å². The van der Waals surface area contributed by atoms with E-state index in [1.165, 1.54) is 18.2 Å². The molecule has 1 aromatic heterocycles. The van der Waals surface area contributed by atoms with Crippen molar-refractivity contribution in [2.24, 2.45) is 0 Å². The summed E-state index contributed by atoms with van der Waals surface area (Å²) in [6.45, 7) is 1.91. The van der Waals surface area contributed by atoms with Crippen molar-refractivity contribution < 1.29 is 17.6 Å². The standard InChI is InChI=1S/C18H18FN3O4S2/c1-3-21-15-8-7-13(10-16(15)27-18(21)24)20-17(23)11-22(28(2,25)26)14-6-4-5-12(19)9-14/h4-10H,3,11H2,1-2H3,(H,20,23). The van der Waals surface area contributed by atoms with E-state index in [1.54, 1.807) is 22.8 Å². The van der Waals surface area contributed by atoms with E-state index in [-0.39, 0.29) is 10.6 Å². The van der Waals surface area contributed by atoms with Crippen LogP contribution in [-0.2, 0) is 21.4 Å². The Kier molecular flexibility index (Phi) is 5.52. The lowest BCUT2D eigenvalue weighted by atomic mass is 10.3. The fourth-order valence-electron chi connectivity index (χ4n) is 2.81. The molecule has 0 unspecified atom stereocenters. The second-order valence-corrected chi connectivity index (χ2v) is 8.99. The summed E-state index contributed by atoms with van der Waals surface area (Å²) in [6, 6.07) is 10.1. The highest BCUT2D eigenvalue weighted by Crippen LogP contribution is 2.23. The molecule has 148 valence electrons. The number of halogens is 1. The number of carbonyl (C=O) groups is 1. The van der Waals surface area contributed by atoms with Crippen molar-refractivity contribution in [3.8, 4) is 0 Å². The molecular weight excluding hydrogens is 405 g/mol. The van der Waals surface area contributed by atoms with Gasteiger partial charge in [-0.25, -0.2) is 12.8 Å². The van der Waals surface area contributed by atoms with Crippen LogP contribution in [0.4, 0.5) is 15.8 Å². The highest BCUT2D eigenvalue weighted by Gasteiger charge is 2.21. The number of aryl methyl sites for hydroxylation is 1. The van der Waals surface area contributed by atoms with E-state index in [1.807, 2.05) is 6.92 Å². The van der Waals surface area contributed by atoms with Gasteiger partial charge in [-0.15, -0.1) is 0 Å². The lowest BCUT2D eigenvalue weighted by Crippen LogP contribution is -2.37. The van der Waals surface area contributed by atoms with Crippen LogP contribution in [0.2, 0.25) is 0 Å². The molecule has 7 nitrogen and oxygen atoms in total. The fourth-order valence-corrected chi connectivity index (χ4v) is 4.65. The number of anilines is 2. The zero-order chi connectivity index (χ0) is 20.5. The minimum atomic E-state index is -3.80. The number of amides is 1. The molecule has 0 radical (unpaired) electrons. The molecule has 0 aliphatic carbocycles. The molecule has 3 aromatic rings. The Balaban J connectivity index is 1.83. The third-order valence-electron chi connectivity index (χ3n) is 4.05. The molecule has 0 aliphatic rings. The van der Waals surface area contributed by atoms with Gasteiger partial charge >= 0.3 is 4.87 Å². The first-order valence-electron chi connectivity index (χ1n) is 8.35. The molecule has 0 aliphatic heterocycles. The van der Waals surface area contributed by atoms with Gasteiger partial charge in [0.15, 0.2) is 0 Å². The van der Waals surface area contributed by atoms with E-state index >= 15 is 0 Å². The van der Waals surface area contributed by atoms with Crippen molar-refractivity contribution in [1.29, 1.82) is 0 Å². The third kappa shape index (κ3) is 4.23. The number of aromatic nitrogens is 1. The van der Waals surface area contributed by atoms with Crippen LogP contribution < -0.4 is 14.5 Å². The second-order valence-electron chi connectivity index (χ2n) is 6.09. The maximum absolute atomic E-state index is 13.5. The minimum Gasteiger partial charge on any atom is -0.324 e. The van der Waals surface area contributed by atoms with Crippen LogP contribution in [-0.4, -0.2) is 31.7 Å². The summed E-state index contributed by atoms with van der Waals surface area (Å²) in [5.41, 5.74) is 1.27. The molecule has 0 saturated heterocycles. The predicted octanol–water partition coefficient (Wildman–Crippen LogP) is 2.63. The maximum atomic E-state index is 13.5. The first kappa shape index (κ1) is 20.0. The van der Waals surface area contributed by atoms with Crippen molar-refractivity contribution in [2.75, 3.05) is 22.4 Å². The van der Waals surface area contributed by atoms with E-state index in [9.17, 15) is 22.4 Å². The molecule has 0 bridgehead atoms. The van der Waals surface area contributed by atoms with Gasteiger partial charge in [-0.2, -0.15) is 0 Å². The maximum Gasteiger partial charge on any atom is 0.308 e. The van der Waals surface area contributed by atoms with Crippen LogP contribution in [0, 0.1) is 5.82 Å². The van der Waals surface area contributed by atoms with E-state index in [2.05, 4.69) is 5.32 Å². The number of thiazole rings is 1. The Morgan fingerprint density at radius 3 is 2.64 bits per heavy atom. The summed E-state index contributed by atoms with van der Waals surface area (Å²) in [5, 5.41) is 2.62. The summed E-state index contributed by atoms with van der Waals surface area (Å²) < 4.78 is 40.8. The van der Waals surface area contributed by atoms with Gasteiger partial charge in [0.2, 0.25) is 15.9 Å². The largest absolute Gasteiger partial charge is 0.324 e. The van der Waals surface area contributed by atoms with Gasteiger partial charge in [-0.1, -0.05) is 17.4 Å². The number of nitrogens with one attached hydrogen (secondary N) is 1. The molecule has 0 atom stereocenters. The molecule has 10 heteroatoms. The van der Waals surface area contributed by atoms with Gasteiger partial charge in [0.1, 0.15) is 12.4 Å². The number of fused-ring (bicyclic) bond motifs is 1. The minimum absolute atomic E-state index is 0.0614. The van der Waals surface area contributed by atoms with Crippen molar-refractivity contribution in [3.05, 3.63) is 57.9 Å². The third-order valence-corrected chi connectivity index (χ3v) is 6.13. The number of nitrogens with zero attached hydrogens (tertiary/aromatic N) is 2. The first-order valence-corrected chi connectivity index (χ1v) is 11.0. The molecule has 3 rings (SSSR count). The van der Waals surface area contributed by atoms with Gasteiger partial charge in [0, 0.05) is 12.2 Å². The lowest BCUT2D eigenvalue weighted by Gasteiger charge is -2.21. The Hall–Kier alpha value is -2.72. The van der Waals surface area contributed by atoms with Gasteiger partial charge in [-0.3, -0.25) is 18.5 Å². The molecule has 1 N–H and O–H groups in total. The van der Waals surface area contributed by atoms with Crippen LogP contribution >= 0.6 is 11.3 Å². The highest BCUT2D eigenvalue weighted by molar-refractivity contribution is 7.92. The SMILES string of the molecule is CCn1c(=O)sc2cc(NC(=O)CN(c3cccc(F)c3)S(C)(=O)=O)ccc21. The zero-order valence-electron chi connectivity index (χ0n) is 15.2. The van der Waals surface area contributed by atoms with Crippen molar-refractivity contribution >= 4 is 48.9 Å². The van der Waals surface area contributed by atoms with Gasteiger partial charge in [0.05, 0.1) is 22.2 Å². The topological polar surface area (TPSA) is 88.5 Å². The van der Waals surface area contributed by atoms with Crippen LogP contribution in [0.25, 0.3) is 10.2 Å². The summed E-state index contributed by atoms with van der Waals surface area (Å²) in [5.74, 6) is -1.19. The Morgan fingerprint density at radius 1 is 1.25 bits per heavy atom. The van der Waals surface area contributed by atoms with Crippen LogP contribution in [0.1, 0.15) is 6.92 Å². The highest BCUT2D eigenvalue weighted by atomic mass is 32.2. The van der Waals surface area contributed by atoms with E-state index in [4.69, 9.17) is 0 Å². The predicted molar refractivity (Wildman–Crippen MR) is 109 cm³/mol. The summed E-state index contributed by atoms with van der Waals surface area (Å²) in [7, 11) is -3.80. The summed E-state index contributed by atoms with van der Waals surface area (Å²) in [4.78, 5) is 24.3. The first-order chi connectivity index (χ1) is 13.2. The number of carbonyl (C=O) groups excluding carboxylic acids is 1. The summed E-state index contributed by atoms with van der Waals surface area (Å²) >= 11 is 1.07. The smallest absolute Gasteiger partial charge is 0.308 e. The average Bonchev–Trinajstić information content (AvgIpc) is 2.92. The van der Waals surface area contributed by atoms with Gasteiger partial charge < -0.3 is 5.32 Å². The molecule has 28 heavy (non-hydrogen) atoms. The molecule has 1 amide bonds. The van der Waals surface area contributed by atoms with Gasteiger partial charge in [0.25, 0.3) is 0 Å². The molecule has 1 heterocycles. The molecule has 0 saturated carbocycles. The Labute approximate surface area is 165 Å². The van der Waals surface area contributed by atoms with E-state index in [0.717, 1.165) is 38.2 Å². The molecule has 0 fully saturated rings. The van der Waals surface area contributed by atoms with E-state index in [0.29, 0.717) is 12.2 Å². The molecule has 0 spiro atoms. The number of hydrogen-bond donors (Lipinski definition) is 1. The Bertz CT molecular complexity index is 1200.